The van der Waals surface area contributed by atoms with Crippen LogP contribution in [0.15, 0.2) is 18.3 Å². The summed E-state index contributed by atoms with van der Waals surface area (Å²) in [6.07, 6.45) is 3.17. The molecule has 0 spiro atoms. The van der Waals surface area contributed by atoms with E-state index in [2.05, 4.69) is 34.9 Å². The molecule has 1 unspecified atom stereocenters. The van der Waals surface area contributed by atoms with Crippen LogP contribution in [0, 0.1) is 0 Å². The summed E-state index contributed by atoms with van der Waals surface area (Å²) in [7, 11) is 4.29. The molecule has 0 amide bonds. The topological polar surface area (TPSA) is 45.4 Å². The SMILES string of the molecule is C[C@H](N)c1ccc(N2CCC(N(C)C)C2)cn1. The van der Waals surface area contributed by atoms with Gasteiger partial charge in [-0.15, -0.1) is 0 Å². The Bertz CT molecular complexity index is 358. The molecule has 2 N–H and O–H groups in total. The van der Waals surface area contributed by atoms with Crippen molar-refractivity contribution in [3.8, 4) is 0 Å². The minimum atomic E-state index is 0.0113. The number of anilines is 1. The molecule has 17 heavy (non-hydrogen) atoms. The largest absolute Gasteiger partial charge is 0.369 e. The number of nitrogens with two attached hydrogens (primary N) is 1. The number of likely N-dealkylation sites (N-methyl/N-ethyl adjacent to an activating group) is 1. The Balaban J connectivity index is 2.04. The molecule has 0 aromatic carbocycles. The lowest BCUT2D eigenvalue weighted by Crippen LogP contribution is -2.31. The fourth-order valence-corrected chi connectivity index (χ4v) is 2.25. The fraction of sp³-hybridized carbons (Fsp3) is 0.615. The lowest BCUT2D eigenvalue weighted by atomic mass is 10.2. The van der Waals surface area contributed by atoms with E-state index >= 15 is 0 Å². The summed E-state index contributed by atoms with van der Waals surface area (Å²) >= 11 is 0. The maximum Gasteiger partial charge on any atom is 0.0569 e. The molecule has 0 aliphatic carbocycles. The van der Waals surface area contributed by atoms with E-state index < -0.39 is 0 Å². The number of aromatic nitrogens is 1. The monoisotopic (exact) mass is 234 g/mol. The number of pyridine rings is 1. The zero-order valence-electron chi connectivity index (χ0n) is 10.9. The van der Waals surface area contributed by atoms with Gasteiger partial charge >= 0.3 is 0 Å². The number of rotatable bonds is 3. The van der Waals surface area contributed by atoms with Gasteiger partial charge in [-0.05, 0) is 39.6 Å². The number of nitrogens with zero attached hydrogens (tertiary/aromatic N) is 3. The Labute approximate surface area is 103 Å². The van der Waals surface area contributed by atoms with Crippen LogP contribution in [0.3, 0.4) is 0 Å². The predicted octanol–water partition coefficient (Wildman–Crippen LogP) is 1.24. The Kier molecular flexibility index (Phi) is 3.64. The van der Waals surface area contributed by atoms with E-state index in [4.69, 9.17) is 5.73 Å². The highest BCUT2D eigenvalue weighted by Gasteiger charge is 2.24. The molecule has 1 aromatic heterocycles. The summed E-state index contributed by atoms with van der Waals surface area (Å²) in [5, 5.41) is 0. The fourth-order valence-electron chi connectivity index (χ4n) is 2.25. The molecule has 0 saturated carbocycles. The standard InChI is InChI=1S/C13H22N4/c1-10(14)13-5-4-11(8-15-13)17-7-6-12(9-17)16(2)3/h4-5,8,10,12H,6-7,9,14H2,1-3H3/t10-,12?/m0/s1. The van der Waals surface area contributed by atoms with Gasteiger partial charge < -0.3 is 15.5 Å². The van der Waals surface area contributed by atoms with Gasteiger partial charge in [0, 0.05) is 25.2 Å². The summed E-state index contributed by atoms with van der Waals surface area (Å²) in [6, 6.07) is 4.83. The summed E-state index contributed by atoms with van der Waals surface area (Å²) in [4.78, 5) is 9.10. The van der Waals surface area contributed by atoms with Gasteiger partial charge in [0.2, 0.25) is 0 Å². The van der Waals surface area contributed by atoms with Gasteiger partial charge in [-0.1, -0.05) is 0 Å². The predicted molar refractivity (Wildman–Crippen MR) is 71.1 cm³/mol. The van der Waals surface area contributed by atoms with E-state index in [-0.39, 0.29) is 6.04 Å². The Morgan fingerprint density at radius 3 is 2.71 bits per heavy atom. The van der Waals surface area contributed by atoms with Crippen molar-refractivity contribution in [2.75, 3.05) is 32.1 Å². The van der Waals surface area contributed by atoms with Crippen molar-refractivity contribution in [3.05, 3.63) is 24.0 Å². The normalized spacial score (nSPS) is 22.2. The second-order valence-corrected chi connectivity index (χ2v) is 5.08. The van der Waals surface area contributed by atoms with Gasteiger partial charge in [-0.2, -0.15) is 0 Å². The van der Waals surface area contributed by atoms with Crippen molar-refractivity contribution in [2.45, 2.75) is 25.4 Å². The van der Waals surface area contributed by atoms with Crippen LogP contribution in [0.25, 0.3) is 0 Å². The van der Waals surface area contributed by atoms with Gasteiger partial charge in [-0.25, -0.2) is 0 Å². The summed E-state index contributed by atoms with van der Waals surface area (Å²) in [5.74, 6) is 0. The minimum Gasteiger partial charge on any atom is -0.369 e. The quantitative estimate of drug-likeness (QED) is 0.855. The molecular weight excluding hydrogens is 212 g/mol. The van der Waals surface area contributed by atoms with Gasteiger partial charge in [0.15, 0.2) is 0 Å². The Morgan fingerprint density at radius 2 is 2.24 bits per heavy atom. The van der Waals surface area contributed by atoms with Crippen LogP contribution in [0.2, 0.25) is 0 Å². The van der Waals surface area contributed by atoms with Gasteiger partial charge in [0.1, 0.15) is 0 Å². The third-order valence-corrected chi connectivity index (χ3v) is 3.50. The van der Waals surface area contributed by atoms with Crippen molar-refractivity contribution in [1.82, 2.24) is 9.88 Å². The second-order valence-electron chi connectivity index (χ2n) is 5.08. The molecule has 1 saturated heterocycles. The molecule has 94 valence electrons. The highest BCUT2D eigenvalue weighted by atomic mass is 15.2. The lowest BCUT2D eigenvalue weighted by molar-refractivity contribution is 0.315. The summed E-state index contributed by atoms with van der Waals surface area (Å²) < 4.78 is 0. The first-order valence-electron chi connectivity index (χ1n) is 6.21. The Hall–Kier alpha value is -1.13. The van der Waals surface area contributed by atoms with Crippen LogP contribution in [-0.2, 0) is 0 Å². The molecule has 0 radical (unpaired) electrons. The first kappa shape index (κ1) is 12.3. The smallest absolute Gasteiger partial charge is 0.0569 e. The first-order chi connectivity index (χ1) is 8.08. The highest BCUT2D eigenvalue weighted by Crippen LogP contribution is 2.22. The molecular formula is C13H22N4. The van der Waals surface area contributed by atoms with Gasteiger partial charge in [-0.3, -0.25) is 4.98 Å². The molecule has 0 bridgehead atoms. The molecule has 2 heterocycles. The van der Waals surface area contributed by atoms with Crippen molar-refractivity contribution < 1.29 is 0 Å². The van der Waals surface area contributed by atoms with Crippen LogP contribution < -0.4 is 10.6 Å². The molecule has 2 rings (SSSR count). The van der Waals surface area contributed by atoms with Crippen LogP contribution in [0.4, 0.5) is 5.69 Å². The maximum absolute atomic E-state index is 5.80. The van der Waals surface area contributed by atoms with Crippen molar-refractivity contribution >= 4 is 5.69 Å². The molecule has 4 heteroatoms. The number of hydrogen-bond acceptors (Lipinski definition) is 4. The zero-order valence-corrected chi connectivity index (χ0v) is 10.9. The van der Waals surface area contributed by atoms with Crippen molar-refractivity contribution in [1.29, 1.82) is 0 Å². The van der Waals surface area contributed by atoms with Crippen molar-refractivity contribution in [2.24, 2.45) is 5.73 Å². The molecule has 1 aliphatic heterocycles. The van der Waals surface area contributed by atoms with Crippen molar-refractivity contribution in [3.63, 3.8) is 0 Å². The molecule has 1 fully saturated rings. The highest BCUT2D eigenvalue weighted by molar-refractivity contribution is 5.46. The van der Waals surface area contributed by atoms with E-state index in [0.717, 1.165) is 18.8 Å². The van der Waals surface area contributed by atoms with E-state index in [1.54, 1.807) is 0 Å². The van der Waals surface area contributed by atoms with Gasteiger partial charge in [0.25, 0.3) is 0 Å². The molecule has 1 aliphatic rings. The second kappa shape index (κ2) is 5.02. The zero-order chi connectivity index (χ0) is 12.4. The first-order valence-corrected chi connectivity index (χ1v) is 6.21. The third-order valence-electron chi connectivity index (χ3n) is 3.50. The van der Waals surface area contributed by atoms with Crippen LogP contribution in [0.5, 0.6) is 0 Å². The van der Waals surface area contributed by atoms with E-state index in [1.807, 2.05) is 19.2 Å². The lowest BCUT2D eigenvalue weighted by Gasteiger charge is -2.21. The van der Waals surface area contributed by atoms with Crippen LogP contribution >= 0.6 is 0 Å². The van der Waals surface area contributed by atoms with E-state index in [0.29, 0.717) is 6.04 Å². The molecule has 1 aromatic rings. The summed E-state index contributed by atoms with van der Waals surface area (Å²) in [6.45, 7) is 4.16. The minimum absolute atomic E-state index is 0.0113. The van der Waals surface area contributed by atoms with E-state index in [9.17, 15) is 0 Å². The molecule has 2 atom stereocenters. The van der Waals surface area contributed by atoms with Gasteiger partial charge in [0.05, 0.1) is 17.6 Å². The van der Waals surface area contributed by atoms with Crippen LogP contribution in [-0.4, -0.2) is 43.1 Å². The van der Waals surface area contributed by atoms with E-state index in [1.165, 1.54) is 12.1 Å². The maximum atomic E-state index is 5.80. The molecule has 4 nitrogen and oxygen atoms in total. The third kappa shape index (κ3) is 2.76. The summed E-state index contributed by atoms with van der Waals surface area (Å²) in [5.41, 5.74) is 7.96. The number of hydrogen-bond donors (Lipinski definition) is 1. The van der Waals surface area contributed by atoms with Crippen LogP contribution in [0.1, 0.15) is 25.1 Å². The Morgan fingerprint density at radius 1 is 1.47 bits per heavy atom. The average Bonchev–Trinajstić information content (AvgIpc) is 2.78. The average molecular weight is 234 g/mol.